The molecule has 0 unspecified atom stereocenters. The number of carbonyl (C=O) groups excluding carboxylic acids is 1. The molecule has 0 bridgehead atoms. The number of hydroxylamine groups is 2. The molecule has 0 aliphatic carbocycles. The molecule has 0 saturated carbocycles. The number of ether oxygens (including phenoxy) is 1. The van der Waals surface area contributed by atoms with Gasteiger partial charge in [-0.15, -0.1) is 0 Å². The van der Waals surface area contributed by atoms with Crippen molar-refractivity contribution in [2.75, 3.05) is 19.8 Å². The smallest absolute Gasteiger partial charge is 0.288 e. The summed E-state index contributed by atoms with van der Waals surface area (Å²) in [5.41, 5.74) is -0.323. The first-order valence-corrected chi connectivity index (χ1v) is 6.50. The lowest BCUT2D eigenvalue weighted by Gasteiger charge is -2.26. The van der Waals surface area contributed by atoms with Crippen molar-refractivity contribution in [3.8, 4) is 5.75 Å². The van der Waals surface area contributed by atoms with Gasteiger partial charge in [0.1, 0.15) is 5.75 Å². The average Bonchev–Trinajstić information content (AvgIpc) is 2.47. The summed E-state index contributed by atoms with van der Waals surface area (Å²) in [5.74, 6) is -0.318. The van der Waals surface area contributed by atoms with Crippen LogP contribution < -0.4 is 4.74 Å². The van der Waals surface area contributed by atoms with Crippen molar-refractivity contribution in [1.29, 1.82) is 0 Å². The van der Waals surface area contributed by atoms with Gasteiger partial charge in [-0.2, -0.15) is 0 Å². The Morgan fingerprint density at radius 3 is 2.90 bits per heavy atom. The number of amides is 1. The highest BCUT2D eigenvalue weighted by Crippen LogP contribution is 2.30. The van der Waals surface area contributed by atoms with Gasteiger partial charge in [0, 0.05) is 12.6 Å². The minimum Gasteiger partial charge on any atom is -0.493 e. The molecule has 1 amide bonds. The zero-order valence-corrected chi connectivity index (χ0v) is 11.2. The molecule has 7 heteroatoms. The van der Waals surface area contributed by atoms with Crippen LogP contribution in [0.25, 0.3) is 0 Å². The monoisotopic (exact) mass is 280 g/mol. The standard InChI is InChI=1S/C13H16N2O5/c1-2-19-11-7-5-6-10(15(17)18)12(11)13(16)14-8-3-4-9-20-14/h5-7H,2-4,8-9H2,1H3. The molecule has 2 rings (SSSR count). The average molecular weight is 280 g/mol. The fourth-order valence-electron chi connectivity index (χ4n) is 2.04. The molecule has 20 heavy (non-hydrogen) atoms. The molecule has 0 N–H and O–H groups in total. The Labute approximate surface area is 116 Å². The van der Waals surface area contributed by atoms with Gasteiger partial charge in [-0.25, -0.2) is 5.06 Å². The number of hydrogen-bond acceptors (Lipinski definition) is 5. The van der Waals surface area contributed by atoms with Crippen LogP contribution in [0.5, 0.6) is 5.75 Å². The zero-order valence-electron chi connectivity index (χ0n) is 11.2. The first kappa shape index (κ1) is 14.3. The Morgan fingerprint density at radius 2 is 2.30 bits per heavy atom. The third-order valence-electron chi connectivity index (χ3n) is 2.94. The Balaban J connectivity index is 2.40. The molecular formula is C13H16N2O5. The fourth-order valence-corrected chi connectivity index (χ4v) is 2.04. The first-order valence-electron chi connectivity index (χ1n) is 6.50. The van der Waals surface area contributed by atoms with Crippen molar-refractivity contribution >= 4 is 11.6 Å². The maximum Gasteiger partial charge on any atom is 0.288 e. The summed E-state index contributed by atoms with van der Waals surface area (Å²) in [4.78, 5) is 28.2. The van der Waals surface area contributed by atoms with Crippen LogP contribution in [0.2, 0.25) is 0 Å². The summed E-state index contributed by atoms with van der Waals surface area (Å²) in [6.45, 7) is 2.94. The zero-order chi connectivity index (χ0) is 14.5. The quantitative estimate of drug-likeness (QED) is 0.623. The Bertz CT molecular complexity index is 511. The van der Waals surface area contributed by atoms with Crippen molar-refractivity contribution in [3.05, 3.63) is 33.9 Å². The Hall–Kier alpha value is -2.15. The normalized spacial score (nSPS) is 14.9. The van der Waals surface area contributed by atoms with E-state index in [-0.39, 0.29) is 17.0 Å². The van der Waals surface area contributed by atoms with E-state index in [0.717, 1.165) is 12.8 Å². The highest BCUT2D eigenvalue weighted by atomic mass is 16.7. The van der Waals surface area contributed by atoms with E-state index < -0.39 is 10.8 Å². The van der Waals surface area contributed by atoms with Crippen molar-refractivity contribution in [2.45, 2.75) is 19.8 Å². The molecule has 1 fully saturated rings. The third kappa shape index (κ3) is 2.88. The number of hydrogen-bond donors (Lipinski definition) is 0. The van der Waals surface area contributed by atoms with Crippen molar-refractivity contribution in [1.82, 2.24) is 5.06 Å². The van der Waals surface area contributed by atoms with Gasteiger partial charge >= 0.3 is 0 Å². The Kier molecular flexibility index (Phi) is 4.52. The van der Waals surface area contributed by atoms with Gasteiger partial charge in [-0.1, -0.05) is 6.07 Å². The van der Waals surface area contributed by atoms with Crippen LogP contribution in [-0.4, -0.2) is 35.7 Å². The van der Waals surface area contributed by atoms with Crippen molar-refractivity contribution in [3.63, 3.8) is 0 Å². The van der Waals surface area contributed by atoms with E-state index >= 15 is 0 Å². The van der Waals surface area contributed by atoms with Gasteiger partial charge < -0.3 is 4.74 Å². The highest BCUT2D eigenvalue weighted by molar-refractivity contribution is 6.00. The second kappa shape index (κ2) is 6.33. The molecule has 1 aromatic carbocycles. The van der Waals surface area contributed by atoms with Crippen LogP contribution in [-0.2, 0) is 4.84 Å². The van der Waals surface area contributed by atoms with Crippen LogP contribution in [0.4, 0.5) is 5.69 Å². The molecular weight excluding hydrogens is 264 g/mol. The van der Waals surface area contributed by atoms with Gasteiger partial charge in [0.2, 0.25) is 0 Å². The molecule has 1 heterocycles. The molecule has 0 aromatic heterocycles. The highest BCUT2D eigenvalue weighted by Gasteiger charge is 2.30. The predicted molar refractivity (Wildman–Crippen MR) is 70.5 cm³/mol. The summed E-state index contributed by atoms with van der Waals surface area (Å²) in [7, 11) is 0. The Morgan fingerprint density at radius 1 is 1.50 bits per heavy atom. The minimum absolute atomic E-state index is 0.0544. The van der Waals surface area contributed by atoms with Gasteiger partial charge in [0.25, 0.3) is 11.6 Å². The van der Waals surface area contributed by atoms with Crippen LogP contribution in [0, 0.1) is 10.1 Å². The summed E-state index contributed by atoms with van der Waals surface area (Å²) in [6, 6.07) is 4.34. The largest absolute Gasteiger partial charge is 0.493 e. The van der Waals surface area contributed by atoms with Gasteiger partial charge in [0.15, 0.2) is 5.56 Å². The molecule has 0 radical (unpaired) electrons. The van der Waals surface area contributed by atoms with Gasteiger partial charge in [-0.3, -0.25) is 19.7 Å². The fraction of sp³-hybridized carbons (Fsp3) is 0.462. The van der Waals surface area contributed by atoms with Crippen LogP contribution in [0.3, 0.4) is 0 Å². The number of benzene rings is 1. The second-order valence-corrected chi connectivity index (χ2v) is 4.29. The SMILES string of the molecule is CCOc1cccc([N+](=O)[O-])c1C(=O)N1CCCCO1. The molecule has 108 valence electrons. The van der Waals surface area contributed by atoms with E-state index in [4.69, 9.17) is 9.57 Å². The lowest BCUT2D eigenvalue weighted by molar-refractivity contribution is -0.385. The van der Waals surface area contributed by atoms with Crippen molar-refractivity contribution < 1.29 is 19.3 Å². The number of nitro benzene ring substituents is 1. The maximum absolute atomic E-state index is 12.4. The van der Waals surface area contributed by atoms with E-state index in [2.05, 4.69) is 0 Å². The summed E-state index contributed by atoms with van der Waals surface area (Å²) >= 11 is 0. The lowest BCUT2D eigenvalue weighted by atomic mass is 10.1. The number of carbonyl (C=O) groups is 1. The molecule has 0 spiro atoms. The maximum atomic E-state index is 12.4. The summed E-state index contributed by atoms with van der Waals surface area (Å²) in [6.07, 6.45) is 1.69. The summed E-state index contributed by atoms with van der Waals surface area (Å²) < 4.78 is 5.33. The van der Waals surface area contributed by atoms with Crippen LogP contribution >= 0.6 is 0 Å². The lowest BCUT2D eigenvalue weighted by Crippen LogP contribution is -2.36. The van der Waals surface area contributed by atoms with E-state index in [1.54, 1.807) is 13.0 Å². The predicted octanol–water partition coefficient (Wildman–Crippen LogP) is 2.16. The second-order valence-electron chi connectivity index (χ2n) is 4.29. The van der Waals surface area contributed by atoms with Gasteiger partial charge in [0.05, 0.1) is 18.1 Å². The number of nitrogens with zero attached hydrogens (tertiary/aromatic N) is 2. The molecule has 7 nitrogen and oxygen atoms in total. The summed E-state index contributed by atoms with van der Waals surface area (Å²) in [5, 5.41) is 12.3. The molecule has 1 aliphatic heterocycles. The minimum atomic E-state index is -0.584. The first-order chi connectivity index (χ1) is 9.65. The van der Waals surface area contributed by atoms with E-state index in [1.807, 2.05) is 0 Å². The molecule has 1 saturated heterocycles. The molecule has 1 aliphatic rings. The van der Waals surface area contributed by atoms with E-state index in [0.29, 0.717) is 19.8 Å². The third-order valence-corrected chi connectivity index (χ3v) is 2.94. The topological polar surface area (TPSA) is 81.9 Å². The van der Waals surface area contributed by atoms with Gasteiger partial charge in [-0.05, 0) is 25.8 Å². The van der Waals surface area contributed by atoms with Crippen LogP contribution in [0.15, 0.2) is 18.2 Å². The van der Waals surface area contributed by atoms with E-state index in [1.165, 1.54) is 17.2 Å². The van der Waals surface area contributed by atoms with E-state index in [9.17, 15) is 14.9 Å². The molecule has 1 aromatic rings. The number of nitro groups is 1. The number of rotatable bonds is 4. The van der Waals surface area contributed by atoms with Crippen LogP contribution in [0.1, 0.15) is 30.1 Å². The molecule has 0 atom stereocenters. The van der Waals surface area contributed by atoms with Crippen molar-refractivity contribution in [2.24, 2.45) is 0 Å².